The highest BCUT2D eigenvalue weighted by molar-refractivity contribution is 6.31. The Morgan fingerprint density at radius 3 is 2.48 bits per heavy atom. The molecule has 0 saturated carbocycles. The lowest BCUT2D eigenvalue weighted by Crippen LogP contribution is -2.35. The number of ether oxygens (including phenoxy) is 1. The number of carbonyl (C=O) groups is 2. The highest BCUT2D eigenvalue weighted by atomic mass is 16.5. The van der Waals surface area contributed by atoms with Crippen molar-refractivity contribution in [2.45, 2.75) is 6.92 Å². The van der Waals surface area contributed by atoms with Gasteiger partial charge in [-0.25, -0.2) is 5.01 Å². The molecule has 3 rings (SSSR count). The molecule has 23 heavy (non-hydrogen) atoms. The van der Waals surface area contributed by atoms with Crippen molar-refractivity contribution in [1.82, 2.24) is 5.43 Å². The largest absolute Gasteiger partial charge is 0.493 e. The van der Waals surface area contributed by atoms with Gasteiger partial charge in [-0.1, -0.05) is 36.4 Å². The second-order valence-corrected chi connectivity index (χ2v) is 4.95. The smallest absolute Gasteiger partial charge is 0.282 e. The highest BCUT2D eigenvalue weighted by Crippen LogP contribution is 2.25. The van der Waals surface area contributed by atoms with Gasteiger partial charge in [0.15, 0.2) is 0 Å². The van der Waals surface area contributed by atoms with Gasteiger partial charge in [0, 0.05) is 5.56 Å². The third-order valence-electron chi connectivity index (χ3n) is 3.42. The van der Waals surface area contributed by atoms with Crippen LogP contribution in [-0.2, 0) is 9.59 Å². The van der Waals surface area contributed by atoms with Crippen molar-refractivity contribution < 1.29 is 14.3 Å². The number of carbonyl (C=O) groups excluding carboxylic acids is 2. The summed E-state index contributed by atoms with van der Waals surface area (Å²) in [5.41, 5.74) is 3.98. The first kappa shape index (κ1) is 14.8. The summed E-state index contributed by atoms with van der Waals surface area (Å²) in [6.07, 6.45) is 1.56. The van der Waals surface area contributed by atoms with Gasteiger partial charge >= 0.3 is 0 Å². The Labute approximate surface area is 134 Å². The zero-order valence-corrected chi connectivity index (χ0v) is 12.7. The first-order valence-corrected chi connectivity index (χ1v) is 7.34. The summed E-state index contributed by atoms with van der Waals surface area (Å²) >= 11 is 0. The van der Waals surface area contributed by atoms with Gasteiger partial charge < -0.3 is 4.74 Å². The first-order chi connectivity index (χ1) is 11.2. The Morgan fingerprint density at radius 1 is 1.04 bits per heavy atom. The van der Waals surface area contributed by atoms with Crippen molar-refractivity contribution in [2.24, 2.45) is 0 Å². The molecule has 1 aliphatic heterocycles. The molecule has 1 heterocycles. The number of para-hydroxylation sites is 2. The molecule has 5 heteroatoms. The minimum absolute atomic E-state index is 0.0843. The van der Waals surface area contributed by atoms with Gasteiger partial charge in [-0.15, -0.1) is 0 Å². The highest BCUT2D eigenvalue weighted by Gasteiger charge is 2.34. The van der Waals surface area contributed by atoms with Crippen molar-refractivity contribution >= 4 is 23.6 Å². The molecular formula is C18H16N2O3. The molecule has 1 saturated heterocycles. The molecule has 116 valence electrons. The Morgan fingerprint density at radius 2 is 1.74 bits per heavy atom. The molecular weight excluding hydrogens is 292 g/mol. The van der Waals surface area contributed by atoms with E-state index in [9.17, 15) is 9.59 Å². The van der Waals surface area contributed by atoms with Crippen molar-refractivity contribution in [1.29, 1.82) is 0 Å². The maximum atomic E-state index is 12.5. The van der Waals surface area contributed by atoms with Crippen LogP contribution in [0.15, 0.2) is 60.2 Å². The Kier molecular flexibility index (Phi) is 4.10. The van der Waals surface area contributed by atoms with E-state index >= 15 is 0 Å². The minimum atomic E-state index is -0.426. The van der Waals surface area contributed by atoms with Crippen LogP contribution >= 0.6 is 0 Å². The number of nitrogens with one attached hydrogen (secondary N) is 1. The number of hydrogen-bond acceptors (Lipinski definition) is 3. The van der Waals surface area contributed by atoms with Crippen molar-refractivity contribution in [3.8, 4) is 5.75 Å². The molecule has 0 spiro atoms. The van der Waals surface area contributed by atoms with Gasteiger partial charge in [0.25, 0.3) is 11.8 Å². The Hall–Kier alpha value is -3.08. The topological polar surface area (TPSA) is 58.6 Å². The number of anilines is 1. The zero-order valence-electron chi connectivity index (χ0n) is 12.7. The average molecular weight is 308 g/mol. The minimum Gasteiger partial charge on any atom is -0.493 e. The van der Waals surface area contributed by atoms with Crippen molar-refractivity contribution in [3.63, 3.8) is 0 Å². The van der Waals surface area contributed by atoms with E-state index < -0.39 is 5.91 Å². The normalized spacial score (nSPS) is 15.9. The van der Waals surface area contributed by atoms with Gasteiger partial charge in [0.05, 0.1) is 12.3 Å². The van der Waals surface area contributed by atoms with Gasteiger partial charge in [-0.2, -0.15) is 0 Å². The fourth-order valence-electron chi connectivity index (χ4n) is 2.36. The Bertz CT molecular complexity index is 769. The third kappa shape index (κ3) is 2.94. The van der Waals surface area contributed by atoms with E-state index in [2.05, 4.69) is 5.43 Å². The molecule has 0 aliphatic carbocycles. The Balaban J connectivity index is 1.95. The first-order valence-electron chi connectivity index (χ1n) is 7.34. The monoisotopic (exact) mass is 308 g/mol. The lowest BCUT2D eigenvalue weighted by atomic mass is 10.1. The summed E-state index contributed by atoms with van der Waals surface area (Å²) in [7, 11) is 0. The summed E-state index contributed by atoms with van der Waals surface area (Å²) in [5, 5.41) is 1.25. The fraction of sp³-hybridized carbons (Fsp3) is 0.111. The summed E-state index contributed by atoms with van der Waals surface area (Å²) < 4.78 is 5.53. The van der Waals surface area contributed by atoms with Crippen LogP contribution in [0.1, 0.15) is 12.5 Å². The van der Waals surface area contributed by atoms with Crippen LogP contribution in [0.2, 0.25) is 0 Å². The predicted octanol–water partition coefficient (Wildman–Crippen LogP) is 2.55. The molecule has 1 N–H and O–H groups in total. The van der Waals surface area contributed by atoms with Crippen molar-refractivity contribution in [3.05, 3.63) is 65.7 Å². The number of hydrogen-bond donors (Lipinski definition) is 1. The van der Waals surface area contributed by atoms with E-state index in [4.69, 9.17) is 4.74 Å². The van der Waals surface area contributed by atoms with Crippen molar-refractivity contribution in [2.75, 3.05) is 11.6 Å². The standard InChI is InChI=1S/C18H16N2O3/c1-2-23-16-11-7-6-8-13(16)12-15-17(21)19-20(18(15)22)14-9-4-3-5-10-14/h3-12H,2H2,1H3,(H,19,21)/b15-12-. The van der Waals surface area contributed by atoms with Crippen LogP contribution in [0.4, 0.5) is 5.69 Å². The number of hydrazine groups is 1. The molecule has 2 amide bonds. The summed E-state index contributed by atoms with van der Waals surface area (Å²) in [5.74, 6) is -0.168. The van der Waals surface area contributed by atoms with E-state index in [1.807, 2.05) is 37.3 Å². The predicted molar refractivity (Wildman–Crippen MR) is 87.7 cm³/mol. The van der Waals surface area contributed by atoms with Gasteiger partial charge in [0.2, 0.25) is 0 Å². The molecule has 2 aromatic rings. The molecule has 5 nitrogen and oxygen atoms in total. The second-order valence-electron chi connectivity index (χ2n) is 4.95. The molecule has 1 aliphatic rings. The van der Waals surface area contributed by atoms with Crippen LogP contribution in [0, 0.1) is 0 Å². The molecule has 0 bridgehead atoms. The number of rotatable bonds is 4. The molecule has 2 aromatic carbocycles. The van der Waals surface area contributed by atoms with Gasteiger partial charge in [0.1, 0.15) is 11.3 Å². The van der Waals surface area contributed by atoms with E-state index in [0.29, 0.717) is 23.6 Å². The van der Waals surface area contributed by atoms with Gasteiger partial charge in [-0.05, 0) is 31.2 Å². The number of nitrogens with zero attached hydrogens (tertiary/aromatic N) is 1. The average Bonchev–Trinajstić information content (AvgIpc) is 2.86. The lowest BCUT2D eigenvalue weighted by molar-refractivity contribution is -0.117. The second kappa shape index (κ2) is 6.36. The van der Waals surface area contributed by atoms with Crippen LogP contribution < -0.4 is 15.2 Å². The molecule has 0 unspecified atom stereocenters. The van der Waals surface area contributed by atoms with E-state index in [1.165, 1.54) is 5.01 Å². The molecule has 0 atom stereocenters. The number of benzene rings is 2. The zero-order chi connectivity index (χ0) is 16.2. The number of amides is 2. The summed E-state index contributed by atoms with van der Waals surface area (Å²) in [6.45, 7) is 2.39. The van der Waals surface area contributed by atoms with Crippen LogP contribution in [0.3, 0.4) is 0 Å². The molecule has 1 fully saturated rings. The fourth-order valence-corrected chi connectivity index (χ4v) is 2.36. The molecule has 0 radical (unpaired) electrons. The maximum Gasteiger partial charge on any atom is 0.282 e. The lowest BCUT2D eigenvalue weighted by Gasteiger charge is -2.13. The van der Waals surface area contributed by atoms with Crippen LogP contribution in [-0.4, -0.2) is 18.4 Å². The van der Waals surface area contributed by atoms with Crippen LogP contribution in [0.25, 0.3) is 6.08 Å². The van der Waals surface area contributed by atoms with Gasteiger partial charge in [-0.3, -0.25) is 15.0 Å². The third-order valence-corrected chi connectivity index (χ3v) is 3.42. The molecule has 0 aromatic heterocycles. The van der Waals surface area contributed by atoms with E-state index in [0.717, 1.165) is 0 Å². The van der Waals surface area contributed by atoms with E-state index in [-0.39, 0.29) is 11.5 Å². The SMILES string of the molecule is CCOc1ccccc1/C=C1/C(=O)NN(c2ccccc2)C1=O. The summed E-state index contributed by atoms with van der Waals surface area (Å²) in [6, 6.07) is 16.3. The van der Waals surface area contributed by atoms with Crippen LogP contribution in [0.5, 0.6) is 5.75 Å². The quantitative estimate of drug-likeness (QED) is 0.697. The van der Waals surface area contributed by atoms with E-state index in [1.54, 1.807) is 30.3 Å². The maximum absolute atomic E-state index is 12.5. The summed E-state index contributed by atoms with van der Waals surface area (Å²) in [4.78, 5) is 24.7.